The lowest BCUT2D eigenvalue weighted by molar-refractivity contribution is 0.0690. The van der Waals surface area contributed by atoms with Gasteiger partial charge in [0.1, 0.15) is 5.82 Å². The molecule has 1 heterocycles. The molecule has 2 N–H and O–H groups in total. The van der Waals surface area contributed by atoms with Gasteiger partial charge in [-0.1, -0.05) is 19.4 Å². The van der Waals surface area contributed by atoms with E-state index in [4.69, 9.17) is 5.11 Å². The molecule has 0 saturated carbocycles. The van der Waals surface area contributed by atoms with Crippen molar-refractivity contribution in [3.05, 3.63) is 23.9 Å². The first-order chi connectivity index (χ1) is 9.02. The van der Waals surface area contributed by atoms with E-state index in [1.54, 1.807) is 12.1 Å². The number of pyridine rings is 1. The summed E-state index contributed by atoms with van der Waals surface area (Å²) < 4.78 is 0. The molecular formula is C14H23N3O2. The lowest BCUT2D eigenvalue weighted by Crippen LogP contribution is -2.33. The quantitative estimate of drug-likeness (QED) is 0.755. The minimum Gasteiger partial charge on any atom is -0.477 e. The predicted octanol–water partition coefficient (Wildman–Crippen LogP) is 2.31. The zero-order valence-electron chi connectivity index (χ0n) is 11.9. The van der Waals surface area contributed by atoms with Crippen LogP contribution in [-0.2, 0) is 0 Å². The molecule has 1 atom stereocenters. The number of rotatable bonds is 8. The molecule has 1 aromatic rings. The van der Waals surface area contributed by atoms with Crippen LogP contribution in [0.2, 0.25) is 0 Å². The van der Waals surface area contributed by atoms with Crippen LogP contribution in [0, 0.1) is 0 Å². The van der Waals surface area contributed by atoms with Crippen molar-refractivity contribution in [1.29, 1.82) is 0 Å². The molecule has 0 aromatic carbocycles. The summed E-state index contributed by atoms with van der Waals surface area (Å²) in [7, 11) is 2.09. The van der Waals surface area contributed by atoms with Crippen LogP contribution in [0.3, 0.4) is 0 Å². The first-order valence-electron chi connectivity index (χ1n) is 6.68. The number of likely N-dealkylation sites (N-methyl/N-ethyl adjacent to an activating group) is 1. The third-order valence-corrected chi connectivity index (χ3v) is 2.84. The van der Waals surface area contributed by atoms with E-state index < -0.39 is 5.97 Å². The van der Waals surface area contributed by atoms with Gasteiger partial charge >= 0.3 is 5.97 Å². The smallest absolute Gasteiger partial charge is 0.354 e. The number of carbonyl (C=O) groups is 1. The summed E-state index contributed by atoms with van der Waals surface area (Å²) in [6, 6.07) is 5.20. The highest BCUT2D eigenvalue weighted by Crippen LogP contribution is 2.07. The van der Waals surface area contributed by atoms with Gasteiger partial charge in [0.2, 0.25) is 0 Å². The lowest BCUT2D eigenvalue weighted by Gasteiger charge is -2.22. The van der Waals surface area contributed by atoms with E-state index in [1.807, 2.05) is 0 Å². The number of carboxylic acids is 1. The molecule has 1 aromatic heterocycles. The average molecular weight is 265 g/mol. The molecule has 0 spiro atoms. The number of hydrogen-bond donors (Lipinski definition) is 2. The summed E-state index contributed by atoms with van der Waals surface area (Å²) in [4.78, 5) is 17.2. The zero-order valence-corrected chi connectivity index (χ0v) is 11.9. The van der Waals surface area contributed by atoms with Crippen LogP contribution in [0.1, 0.15) is 37.2 Å². The number of anilines is 1. The summed E-state index contributed by atoms with van der Waals surface area (Å²) >= 11 is 0. The van der Waals surface area contributed by atoms with Crippen molar-refractivity contribution in [2.75, 3.05) is 25.5 Å². The van der Waals surface area contributed by atoms with E-state index in [0.29, 0.717) is 5.82 Å². The molecule has 0 aliphatic heterocycles. The van der Waals surface area contributed by atoms with Gasteiger partial charge in [-0.2, -0.15) is 0 Å². The van der Waals surface area contributed by atoms with Gasteiger partial charge < -0.3 is 15.3 Å². The molecule has 1 rings (SSSR count). The standard InChI is InChI=1S/C14H23N3O2/c1-4-5-9-17(3)10-11(2)15-13-8-6-7-12(16-13)14(18)19/h6-8,11H,4-5,9-10H2,1-3H3,(H,15,16)(H,18,19). The molecule has 0 saturated heterocycles. The van der Waals surface area contributed by atoms with Crippen LogP contribution in [0.15, 0.2) is 18.2 Å². The fourth-order valence-corrected chi connectivity index (χ4v) is 1.92. The molecular weight excluding hydrogens is 242 g/mol. The molecule has 0 radical (unpaired) electrons. The van der Waals surface area contributed by atoms with Crippen molar-refractivity contribution in [2.45, 2.75) is 32.7 Å². The predicted molar refractivity (Wildman–Crippen MR) is 76.7 cm³/mol. The largest absolute Gasteiger partial charge is 0.477 e. The third kappa shape index (κ3) is 5.70. The fraction of sp³-hybridized carbons (Fsp3) is 0.571. The van der Waals surface area contributed by atoms with E-state index >= 15 is 0 Å². The van der Waals surface area contributed by atoms with Crippen molar-refractivity contribution >= 4 is 11.8 Å². The molecule has 106 valence electrons. The van der Waals surface area contributed by atoms with Crippen molar-refractivity contribution in [3.63, 3.8) is 0 Å². The minimum atomic E-state index is -1.00. The first kappa shape index (κ1) is 15.4. The zero-order chi connectivity index (χ0) is 14.3. The SMILES string of the molecule is CCCCN(C)CC(C)Nc1cccc(C(=O)O)n1. The summed E-state index contributed by atoms with van der Waals surface area (Å²) in [5.41, 5.74) is 0.0662. The van der Waals surface area contributed by atoms with Crippen molar-refractivity contribution in [2.24, 2.45) is 0 Å². The average Bonchev–Trinajstić information content (AvgIpc) is 2.36. The van der Waals surface area contributed by atoms with Gasteiger partial charge in [0.15, 0.2) is 5.69 Å². The molecule has 0 amide bonds. The highest BCUT2D eigenvalue weighted by atomic mass is 16.4. The third-order valence-electron chi connectivity index (χ3n) is 2.84. The van der Waals surface area contributed by atoms with Crippen molar-refractivity contribution in [1.82, 2.24) is 9.88 Å². The van der Waals surface area contributed by atoms with E-state index in [2.05, 4.69) is 36.1 Å². The topological polar surface area (TPSA) is 65.5 Å². The van der Waals surface area contributed by atoms with E-state index in [0.717, 1.165) is 13.1 Å². The van der Waals surface area contributed by atoms with Crippen LogP contribution < -0.4 is 5.32 Å². The van der Waals surface area contributed by atoms with E-state index in [9.17, 15) is 4.79 Å². The highest BCUT2D eigenvalue weighted by Gasteiger charge is 2.09. The Morgan fingerprint density at radius 3 is 2.89 bits per heavy atom. The number of aromatic nitrogens is 1. The molecule has 0 fully saturated rings. The van der Waals surface area contributed by atoms with Crippen LogP contribution in [0.4, 0.5) is 5.82 Å². The number of carboxylic acid groups (broad SMARTS) is 1. The summed E-state index contributed by atoms with van der Waals surface area (Å²) in [6.45, 7) is 6.22. The maximum atomic E-state index is 10.8. The number of nitrogens with zero attached hydrogens (tertiary/aromatic N) is 2. The first-order valence-corrected chi connectivity index (χ1v) is 6.68. The van der Waals surface area contributed by atoms with Crippen LogP contribution in [0.5, 0.6) is 0 Å². The van der Waals surface area contributed by atoms with Gasteiger partial charge in [-0.05, 0) is 39.1 Å². The molecule has 19 heavy (non-hydrogen) atoms. The van der Waals surface area contributed by atoms with Gasteiger partial charge in [-0.15, -0.1) is 0 Å². The second-order valence-electron chi connectivity index (χ2n) is 4.87. The normalized spacial score (nSPS) is 12.4. The Morgan fingerprint density at radius 1 is 1.53 bits per heavy atom. The summed E-state index contributed by atoms with van der Waals surface area (Å²) in [5.74, 6) is -0.396. The van der Waals surface area contributed by atoms with Crippen molar-refractivity contribution in [3.8, 4) is 0 Å². The Hall–Kier alpha value is -1.62. The monoisotopic (exact) mass is 265 g/mol. The number of unbranched alkanes of at least 4 members (excludes halogenated alkanes) is 1. The number of nitrogens with one attached hydrogen (secondary N) is 1. The molecule has 0 bridgehead atoms. The number of hydrogen-bond acceptors (Lipinski definition) is 4. The van der Waals surface area contributed by atoms with Crippen molar-refractivity contribution < 1.29 is 9.90 Å². The number of aromatic carboxylic acids is 1. The molecule has 0 aliphatic carbocycles. The maximum Gasteiger partial charge on any atom is 0.354 e. The Balaban J connectivity index is 2.49. The Bertz CT molecular complexity index is 409. The Labute approximate surface area is 114 Å². The van der Waals surface area contributed by atoms with E-state index in [1.165, 1.54) is 18.9 Å². The van der Waals surface area contributed by atoms with Gasteiger partial charge in [0, 0.05) is 12.6 Å². The molecule has 5 heteroatoms. The Kier molecular flexibility index (Phi) is 6.29. The van der Waals surface area contributed by atoms with Crippen LogP contribution >= 0.6 is 0 Å². The molecule has 0 aliphatic rings. The van der Waals surface area contributed by atoms with Gasteiger partial charge in [-0.25, -0.2) is 9.78 Å². The Morgan fingerprint density at radius 2 is 2.26 bits per heavy atom. The molecule has 5 nitrogen and oxygen atoms in total. The lowest BCUT2D eigenvalue weighted by atomic mass is 10.2. The fourth-order valence-electron chi connectivity index (χ4n) is 1.92. The summed E-state index contributed by atoms with van der Waals surface area (Å²) in [6.07, 6.45) is 2.38. The minimum absolute atomic E-state index is 0.0662. The van der Waals surface area contributed by atoms with Gasteiger partial charge in [0.05, 0.1) is 0 Å². The van der Waals surface area contributed by atoms with E-state index in [-0.39, 0.29) is 11.7 Å². The molecule has 1 unspecified atom stereocenters. The second-order valence-corrected chi connectivity index (χ2v) is 4.87. The van der Waals surface area contributed by atoms with Gasteiger partial charge in [0.25, 0.3) is 0 Å². The summed E-state index contributed by atoms with van der Waals surface area (Å²) in [5, 5.41) is 12.1. The second kappa shape index (κ2) is 7.74. The van der Waals surface area contributed by atoms with Gasteiger partial charge in [-0.3, -0.25) is 0 Å². The van der Waals surface area contributed by atoms with Crippen LogP contribution in [0.25, 0.3) is 0 Å². The highest BCUT2D eigenvalue weighted by molar-refractivity contribution is 5.85. The van der Waals surface area contributed by atoms with Crippen LogP contribution in [-0.4, -0.2) is 47.1 Å². The maximum absolute atomic E-state index is 10.8.